The summed E-state index contributed by atoms with van der Waals surface area (Å²) in [4.78, 5) is 2.36. The van der Waals surface area contributed by atoms with Crippen molar-refractivity contribution in [3.05, 3.63) is 35.4 Å². The second kappa shape index (κ2) is 6.77. The Labute approximate surface area is 106 Å². The van der Waals surface area contributed by atoms with Gasteiger partial charge in [0.25, 0.3) is 0 Å². The molecule has 0 amide bonds. The standard InChI is InChI=1S/C15H26N2/c1-5-6-11-17(4)13(3)15(16)14-9-7-12(2)8-10-14/h7-10,13,15H,5-6,11,16H2,1-4H3. The molecular weight excluding hydrogens is 208 g/mol. The summed E-state index contributed by atoms with van der Waals surface area (Å²) >= 11 is 0. The van der Waals surface area contributed by atoms with Crippen molar-refractivity contribution >= 4 is 0 Å². The molecule has 0 aliphatic carbocycles. The second-order valence-electron chi connectivity index (χ2n) is 5.01. The molecule has 0 saturated heterocycles. The van der Waals surface area contributed by atoms with Gasteiger partial charge in [-0.2, -0.15) is 0 Å². The van der Waals surface area contributed by atoms with E-state index in [2.05, 4.69) is 57.0 Å². The quantitative estimate of drug-likeness (QED) is 0.819. The second-order valence-corrected chi connectivity index (χ2v) is 5.01. The Morgan fingerprint density at radius 1 is 1.24 bits per heavy atom. The third-order valence-corrected chi connectivity index (χ3v) is 3.54. The molecule has 17 heavy (non-hydrogen) atoms. The van der Waals surface area contributed by atoms with Gasteiger partial charge in [-0.1, -0.05) is 43.2 Å². The summed E-state index contributed by atoms with van der Waals surface area (Å²) in [7, 11) is 2.16. The molecule has 0 fully saturated rings. The largest absolute Gasteiger partial charge is 0.323 e. The molecule has 2 atom stereocenters. The first-order chi connectivity index (χ1) is 8.06. The number of aryl methyl sites for hydroxylation is 1. The van der Waals surface area contributed by atoms with Gasteiger partial charge in [0.2, 0.25) is 0 Å². The average Bonchev–Trinajstić information content (AvgIpc) is 2.35. The Bertz CT molecular complexity index is 318. The van der Waals surface area contributed by atoms with E-state index in [1.165, 1.54) is 24.0 Å². The van der Waals surface area contributed by atoms with Crippen LogP contribution in [0.3, 0.4) is 0 Å². The number of hydrogen-bond donors (Lipinski definition) is 1. The van der Waals surface area contributed by atoms with Crippen LogP contribution in [0, 0.1) is 6.92 Å². The van der Waals surface area contributed by atoms with E-state index in [-0.39, 0.29) is 6.04 Å². The van der Waals surface area contributed by atoms with E-state index in [9.17, 15) is 0 Å². The highest BCUT2D eigenvalue weighted by molar-refractivity contribution is 5.24. The van der Waals surface area contributed by atoms with Crippen molar-refractivity contribution in [1.82, 2.24) is 4.90 Å². The highest BCUT2D eigenvalue weighted by atomic mass is 15.1. The van der Waals surface area contributed by atoms with E-state index in [1.54, 1.807) is 0 Å². The minimum atomic E-state index is 0.0949. The molecule has 0 radical (unpaired) electrons. The maximum atomic E-state index is 6.32. The van der Waals surface area contributed by atoms with Gasteiger partial charge in [-0.3, -0.25) is 0 Å². The number of rotatable bonds is 6. The number of likely N-dealkylation sites (N-methyl/N-ethyl adjacent to an activating group) is 1. The van der Waals surface area contributed by atoms with Crippen LogP contribution in [-0.4, -0.2) is 24.5 Å². The first-order valence-corrected chi connectivity index (χ1v) is 6.58. The Morgan fingerprint density at radius 3 is 2.35 bits per heavy atom. The Hall–Kier alpha value is -0.860. The topological polar surface area (TPSA) is 29.3 Å². The normalized spacial score (nSPS) is 14.9. The molecule has 0 aliphatic rings. The predicted octanol–water partition coefficient (Wildman–Crippen LogP) is 3.12. The fourth-order valence-corrected chi connectivity index (χ4v) is 1.95. The number of benzene rings is 1. The van der Waals surface area contributed by atoms with Gasteiger partial charge in [0.05, 0.1) is 0 Å². The van der Waals surface area contributed by atoms with Crippen molar-refractivity contribution in [1.29, 1.82) is 0 Å². The lowest BCUT2D eigenvalue weighted by atomic mass is 9.99. The Kier molecular flexibility index (Phi) is 5.66. The average molecular weight is 234 g/mol. The Morgan fingerprint density at radius 2 is 1.82 bits per heavy atom. The molecule has 0 bridgehead atoms. The lowest BCUT2D eigenvalue weighted by Gasteiger charge is -2.30. The number of hydrogen-bond acceptors (Lipinski definition) is 2. The van der Waals surface area contributed by atoms with Gasteiger partial charge in [-0.05, 0) is 39.4 Å². The molecule has 1 rings (SSSR count). The van der Waals surface area contributed by atoms with E-state index < -0.39 is 0 Å². The summed E-state index contributed by atoms with van der Waals surface area (Å²) in [6, 6.07) is 9.03. The molecule has 0 spiro atoms. The van der Waals surface area contributed by atoms with Crippen molar-refractivity contribution in [2.45, 2.75) is 45.7 Å². The minimum Gasteiger partial charge on any atom is -0.323 e. The van der Waals surface area contributed by atoms with Gasteiger partial charge in [0, 0.05) is 12.1 Å². The van der Waals surface area contributed by atoms with Crippen LogP contribution < -0.4 is 5.73 Å². The minimum absolute atomic E-state index is 0.0949. The lowest BCUT2D eigenvalue weighted by molar-refractivity contribution is 0.224. The first-order valence-electron chi connectivity index (χ1n) is 6.58. The zero-order valence-corrected chi connectivity index (χ0v) is 11.6. The third-order valence-electron chi connectivity index (χ3n) is 3.54. The molecule has 2 heteroatoms. The van der Waals surface area contributed by atoms with Crippen LogP contribution in [0.15, 0.2) is 24.3 Å². The molecule has 0 heterocycles. The number of unbranched alkanes of at least 4 members (excludes halogenated alkanes) is 1. The molecular formula is C15H26N2. The van der Waals surface area contributed by atoms with Crippen molar-refractivity contribution in [2.24, 2.45) is 5.73 Å². The van der Waals surface area contributed by atoms with E-state index in [4.69, 9.17) is 5.73 Å². The summed E-state index contributed by atoms with van der Waals surface area (Å²) in [5.74, 6) is 0. The fourth-order valence-electron chi connectivity index (χ4n) is 1.95. The van der Waals surface area contributed by atoms with Crippen LogP contribution in [0.1, 0.15) is 43.9 Å². The zero-order chi connectivity index (χ0) is 12.8. The van der Waals surface area contributed by atoms with Gasteiger partial charge >= 0.3 is 0 Å². The van der Waals surface area contributed by atoms with Crippen molar-refractivity contribution in [2.75, 3.05) is 13.6 Å². The highest BCUT2D eigenvalue weighted by Crippen LogP contribution is 2.18. The molecule has 2 N–H and O–H groups in total. The van der Waals surface area contributed by atoms with Crippen LogP contribution >= 0.6 is 0 Å². The van der Waals surface area contributed by atoms with Gasteiger partial charge in [-0.25, -0.2) is 0 Å². The summed E-state index contributed by atoms with van der Waals surface area (Å²) in [6.45, 7) is 7.65. The predicted molar refractivity (Wildman–Crippen MR) is 75.1 cm³/mol. The molecule has 0 aliphatic heterocycles. The number of nitrogens with two attached hydrogens (primary N) is 1. The van der Waals surface area contributed by atoms with E-state index >= 15 is 0 Å². The molecule has 1 aromatic rings. The Balaban J connectivity index is 2.62. The van der Waals surface area contributed by atoms with Crippen molar-refractivity contribution < 1.29 is 0 Å². The van der Waals surface area contributed by atoms with Crippen molar-refractivity contribution in [3.8, 4) is 0 Å². The summed E-state index contributed by atoms with van der Waals surface area (Å²) < 4.78 is 0. The van der Waals surface area contributed by atoms with Gasteiger partial charge in [0.15, 0.2) is 0 Å². The van der Waals surface area contributed by atoms with Gasteiger partial charge in [0.1, 0.15) is 0 Å². The maximum absolute atomic E-state index is 6.32. The zero-order valence-electron chi connectivity index (χ0n) is 11.6. The highest BCUT2D eigenvalue weighted by Gasteiger charge is 2.18. The first kappa shape index (κ1) is 14.2. The lowest BCUT2D eigenvalue weighted by Crippen LogP contribution is -2.38. The summed E-state index contributed by atoms with van der Waals surface area (Å²) in [5, 5.41) is 0. The maximum Gasteiger partial charge on any atom is 0.0450 e. The van der Waals surface area contributed by atoms with Crippen LogP contribution in [0.5, 0.6) is 0 Å². The molecule has 1 aromatic carbocycles. The molecule has 2 unspecified atom stereocenters. The third kappa shape index (κ3) is 4.14. The van der Waals surface area contributed by atoms with Crippen LogP contribution in [0.25, 0.3) is 0 Å². The summed E-state index contributed by atoms with van der Waals surface area (Å²) in [5.41, 5.74) is 8.83. The molecule has 96 valence electrons. The van der Waals surface area contributed by atoms with E-state index in [0.717, 1.165) is 6.54 Å². The smallest absolute Gasteiger partial charge is 0.0450 e. The SMILES string of the molecule is CCCCN(C)C(C)C(N)c1ccc(C)cc1. The monoisotopic (exact) mass is 234 g/mol. The van der Waals surface area contributed by atoms with E-state index in [0.29, 0.717) is 6.04 Å². The van der Waals surface area contributed by atoms with Crippen LogP contribution in [0.2, 0.25) is 0 Å². The van der Waals surface area contributed by atoms with Gasteiger partial charge in [-0.15, -0.1) is 0 Å². The van der Waals surface area contributed by atoms with E-state index in [1.807, 2.05) is 0 Å². The van der Waals surface area contributed by atoms with Crippen LogP contribution in [0.4, 0.5) is 0 Å². The molecule has 2 nitrogen and oxygen atoms in total. The number of nitrogens with zero attached hydrogens (tertiary/aromatic N) is 1. The molecule has 0 saturated carbocycles. The van der Waals surface area contributed by atoms with Gasteiger partial charge < -0.3 is 10.6 Å². The summed E-state index contributed by atoms with van der Waals surface area (Å²) in [6.07, 6.45) is 2.47. The van der Waals surface area contributed by atoms with Crippen molar-refractivity contribution in [3.63, 3.8) is 0 Å². The molecule has 0 aromatic heterocycles. The fraction of sp³-hybridized carbons (Fsp3) is 0.600. The van der Waals surface area contributed by atoms with Crippen LogP contribution in [-0.2, 0) is 0 Å².